The number of benzene rings is 2. The fourth-order valence-corrected chi connectivity index (χ4v) is 12.7. The third-order valence-corrected chi connectivity index (χ3v) is 16.2. The van der Waals surface area contributed by atoms with Crippen molar-refractivity contribution >= 4 is 29.6 Å². The molecule has 7 heteroatoms. The number of carboxylic acid groups (broad SMARTS) is 1. The lowest BCUT2D eigenvalue weighted by Gasteiger charge is -2.70. The van der Waals surface area contributed by atoms with Crippen molar-refractivity contribution in [3.05, 3.63) is 83.4 Å². The summed E-state index contributed by atoms with van der Waals surface area (Å²) in [6, 6.07) is 16.1. The Morgan fingerprint density at radius 2 is 1.56 bits per heavy atom. The monoisotopic (exact) mass is 734 g/mol. The minimum Gasteiger partial charge on any atom is -0.482 e. The van der Waals surface area contributed by atoms with E-state index in [1.165, 1.54) is 24.5 Å². The molecule has 0 radical (unpaired) electrons. The average Bonchev–Trinajstić information content (AvgIpc) is 3.14. The summed E-state index contributed by atoms with van der Waals surface area (Å²) >= 11 is 0. The van der Waals surface area contributed by atoms with Crippen molar-refractivity contribution in [3.8, 4) is 5.75 Å². The molecule has 4 fully saturated rings. The predicted octanol–water partition coefficient (Wildman–Crippen LogP) is 9.79. The first-order valence-corrected chi connectivity index (χ1v) is 20.2. The number of aliphatic carboxylic acids is 1. The Balaban J connectivity index is 1.06. The molecule has 0 bridgehead atoms. The molecule has 0 aliphatic heterocycles. The van der Waals surface area contributed by atoms with E-state index in [1.807, 2.05) is 36.4 Å². The minimum absolute atomic E-state index is 0.139. The van der Waals surface area contributed by atoms with Gasteiger partial charge >= 0.3 is 11.9 Å². The van der Waals surface area contributed by atoms with Crippen molar-refractivity contribution < 1.29 is 33.8 Å². The van der Waals surface area contributed by atoms with Gasteiger partial charge in [-0.25, -0.2) is 4.79 Å². The second kappa shape index (κ2) is 13.6. The van der Waals surface area contributed by atoms with E-state index in [9.17, 15) is 24.3 Å². The molecule has 54 heavy (non-hydrogen) atoms. The van der Waals surface area contributed by atoms with Crippen LogP contribution in [0.3, 0.4) is 0 Å². The molecule has 0 aromatic heterocycles. The van der Waals surface area contributed by atoms with Gasteiger partial charge in [-0.15, -0.1) is 0 Å². The number of ether oxygens (including phenoxy) is 2. The highest BCUT2D eigenvalue weighted by atomic mass is 16.6. The highest BCUT2D eigenvalue weighted by Crippen LogP contribution is 2.75. The standard InChI is InChI=1S/C47H58O7/c1-29-19-22-43(3)25-26-45(5)34(40(43)30(29)2)27-36(49)41-44(4)23-21-38(47(7,42(51)52)37(44)20-24-46(41,45)6)54-39(50)28-53-33-16-14-32(15-17-33)35(48)18-13-31-11-9-8-10-12-31/h8-18,27,29-30,37-38,40-41H,19-26,28H2,1-7H3,(H,51,52)/b18-13+/t29-,30+,37-,38-,40+,41-,43-,44+,45-,46-,47-/m1/s1. The van der Waals surface area contributed by atoms with E-state index in [1.54, 1.807) is 37.3 Å². The van der Waals surface area contributed by atoms with Gasteiger partial charge in [0.2, 0.25) is 0 Å². The summed E-state index contributed by atoms with van der Waals surface area (Å²) in [4.78, 5) is 54.0. The first-order chi connectivity index (χ1) is 25.5. The van der Waals surface area contributed by atoms with Crippen LogP contribution in [0.1, 0.15) is 116 Å². The largest absolute Gasteiger partial charge is 0.482 e. The van der Waals surface area contributed by atoms with Gasteiger partial charge in [-0.1, -0.05) is 83.5 Å². The summed E-state index contributed by atoms with van der Waals surface area (Å²) in [5.74, 6) is -0.362. The molecule has 1 N–H and O–H groups in total. The highest BCUT2D eigenvalue weighted by Gasteiger charge is 2.72. The maximum absolute atomic E-state index is 14.7. The Morgan fingerprint density at radius 3 is 2.24 bits per heavy atom. The zero-order valence-corrected chi connectivity index (χ0v) is 33.2. The van der Waals surface area contributed by atoms with E-state index in [4.69, 9.17) is 9.47 Å². The molecule has 0 spiro atoms. The number of hydrogen-bond donors (Lipinski definition) is 1. The third kappa shape index (κ3) is 5.91. The van der Waals surface area contributed by atoms with Crippen LogP contribution in [-0.4, -0.2) is 41.3 Å². The number of ketones is 2. The number of rotatable bonds is 8. The fourth-order valence-electron chi connectivity index (χ4n) is 12.7. The molecule has 5 aliphatic carbocycles. The molecule has 2 aromatic rings. The van der Waals surface area contributed by atoms with Crippen LogP contribution in [0, 0.1) is 56.7 Å². The van der Waals surface area contributed by atoms with Gasteiger partial charge in [-0.3, -0.25) is 14.4 Å². The minimum atomic E-state index is -1.37. The summed E-state index contributed by atoms with van der Waals surface area (Å²) < 4.78 is 11.7. The molecule has 0 unspecified atom stereocenters. The van der Waals surface area contributed by atoms with Crippen molar-refractivity contribution in [3.63, 3.8) is 0 Å². The summed E-state index contributed by atoms with van der Waals surface area (Å²) in [7, 11) is 0. The summed E-state index contributed by atoms with van der Waals surface area (Å²) in [5, 5.41) is 10.9. The van der Waals surface area contributed by atoms with Crippen molar-refractivity contribution in [1.29, 1.82) is 0 Å². The van der Waals surface area contributed by atoms with E-state index < -0.39 is 35.5 Å². The van der Waals surface area contributed by atoms with E-state index >= 15 is 0 Å². The fraction of sp³-hybridized carbons (Fsp3) is 0.574. The first kappa shape index (κ1) is 38.3. The zero-order valence-electron chi connectivity index (χ0n) is 33.2. The molecule has 11 atom stereocenters. The molecule has 2 aromatic carbocycles. The number of esters is 1. The maximum atomic E-state index is 14.7. The SMILES string of the molecule is C[C@H]1[C@H](C)CC[C@]2(C)CC[C@]3(C)C(=CC(=O)[C@@H]4[C@@]5(C)CC[C@@H](OC(=O)COc6ccc(C(=O)/C=C/c7ccccc7)cc6)[C@](C)(C(=O)O)[C@@H]5CC[C@]43C)[C@H]12. The van der Waals surface area contributed by atoms with Gasteiger partial charge in [0.1, 0.15) is 17.3 Å². The topological polar surface area (TPSA) is 107 Å². The summed E-state index contributed by atoms with van der Waals surface area (Å²) in [6.45, 7) is 15.5. The quantitative estimate of drug-likeness (QED) is 0.164. The van der Waals surface area contributed by atoms with Gasteiger partial charge in [0.25, 0.3) is 0 Å². The molecule has 0 saturated heterocycles. The number of carbonyl (C=O) groups is 4. The van der Waals surface area contributed by atoms with Crippen LogP contribution in [0.5, 0.6) is 5.75 Å². The lowest BCUT2D eigenvalue weighted by atomic mass is 9.33. The normalized spacial score (nSPS) is 40.0. The second-order valence-electron chi connectivity index (χ2n) is 18.8. The van der Waals surface area contributed by atoms with Gasteiger partial charge in [-0.2, -0.15) is 0 Å². The lowest BCUT2D eigenvalue weighted by molar-refractivity contribution is -0.221. The Bertz CT molecular complexity index is 1880. The van der Waals surface area contributed by atoms with Crippen LogP contribution < -0.4 is 4.74 Å². The first-order valence-electron chi connectivity index (χ1n) is 20.2. The summed E-state index contributed by atoms with van der Waals surface area (Å²) in [6.07, 6.45) is 11.5. The van der Waals surface area contributed by atoms with Crippen LogP contribution in [0.25, 0.3) is 6.08 Å². The van der Waals surface area contributed by atoms with E-state index in [0.717, 1.165) is 24.8 Å². The Labute approximate surface area is 321 Å². The molecule has 4 saturated carbocycles. The van der Waals surface area contributed by atoms with Crippen LogP contribution in [0.4, 0.5) is 0 Å². The predicted molar refractivity (Wildman–Crippen MR) is 209 cm³/mol. The average molecular weight is 735 g/mol. The Hall–Kier alpha value is -4.00. The van der Waals surface area contributed by atoms with Gasteiger partial charge < -0.3 is 14.6 Å². The molecule has 288 valence electrons. The Kier molecular flexibility index (Phi) is 9.66. The molecular weight excluding hydrogens is 677 g/mol. The number of carbonyl (C=O) groups excluding carboxylic acids is 3. The van der Waals surface area contributed by atoms with Crippen LogP contribution >= 0.6 is 0 Å². The Morgan fingerprint density at radius 1 is 0.852 bits per heavy atom. The van der Waals surface area contributed by atoms with Crippen LogP contribution in [0.15, 0.2) is 72.3 Å². The zero-order chi connectivity index (χ0) is 38.8. The van der Waals surface area contributed by atoms with Gasteiger partial charge in [-0.05, 0) is 146 Å². The van der Waals surface area contributed by atoms with Gasteiger partial charge in [0.15, 0.2) is 18.2 Å². The van der Waals surface area contributed by atoms with E-state index in [0.29, 0.717) is 48.3 Å². The summed E-state index contributed by atoms with van der Waals surface area (Å²) in [5.41, 5.74) is 0.613. The third-order valence-electron chi connectivity index (χ3n) is 16.2. The molecule has 0 heterocycles. The molecule has 0 amide bonds. The van der Waals surface area contributed by atoms with Gasteiger partial charge in [0, 0.05) is 11.5 Å². The number of fused-ring (bicyclic) bond motifs is 7. The van der Waals surface area contributed by atoms with Crippen LogP contribution in [-0.2, 0) is 19.1 Å². The van der Waals surface area contributed by atoms with Crippen molar-refractivity contribution in [2.75, 3.05) is 6.61 Å². The second-order valence-corrected chi connectivity index (χ2v) is 18.8. The van der Waals surface area contributed by atoms with Crippen molar-refractivity contribution in [1.82, 2.24) is 0 Å². The van der Waals surface area contributed by atoms with E-state index in [-0.39, 0.29) is 39.6 Å². The smallest absolute Gasteiger partial charge is 0.344 e. The molecular formula is C47H58O7. The highest BCUT2D eigenvalue weighted by molar-refractivity contribution is 6.06. The van der Waals surface area contributed by atoms with Crippen molar-refractivity contribution in [2.45, 2.75) is 106 Å². The van der Waals surface area contributed by atoms with Crippen molar-refractivity contribution in [2.24, 2.45) is 56.7 Å². The number of carboxylic acids is 1. The lowest BCUT2D eigenvalue weighted by Crippen LogP contribution is -2.68. The molecule has 7 nitrogen and oxygen atoms in total. The molecule has 5 aliphatic rings. The van der Waals surface area contributed by atoms with Crippen LogP contribution in [0.2, 0.25) is 0 Å². The number of hydrogen-bond acceptors (Lipinski definition) is 6. The maximum Gasteiger partial charge on any atom is 0.344 e. The van der Waals surface area contributed by atoms with Gasteiger partial charge in [0.05, 0.1) is 0 Å². The van der Waals surface area contributed by atoms with E-state index in [2.05, 4.69) is 41.5 Å². The number of allylic oxidation sites excluding steroid dienone is 3. The molecule has 7 rings (SSSR count).